The molecule has 0 unspecified atom stereocenters. The third-order valence-corrected chi connectivity index (χ3v) is 7.23. The highest BCUT2D eigenvalue weighted by Crippen LogP contribution is 2.37. The van der Waals surface area contributed by atoms with Crippen LogP contribution in [0.15, 0.2) is 24.4 Å². The molecule has 1 saturated carbocycles. The van der Waals surface area contributed by atoms with E-state index in [1.807, 2.05) is 29.3 Å². The first kappa shape index (κ1) is 20.1. The Bertz CT molecular complexity index is 1070. The van der Waals surface area contributed by atoms with Gasteiger partial charge in [0.15, 0.2) is 0 Å². The minimum atomic E-state index is 0.154. The zero-order valence-electron chi connectivity index (χ0n) is 17.7. The van der Waals surface area contributed by atoms with E-state index < -0.39 is 0 Å². The molecule has 0 aromatic carbocycles. The summed E-state index contributed by atoms with van der Waals surface area (Å²) in [4.78, 5) is 22.7. The molecule has 8 nitrogen and oxygen atoms in total. The van der Waals surface area contributed by atoms with E-state index in [1.165, 1.54) is 25.7 Å². The molecule has 1 aliphatic carbocycles. The number of hydrogen-bond acceptors (Lipinski definition) is 8. The highest BCUT2D eigenvalue weighted by Gasteiger charge is 2.22. The van der Waals surface area contributed by atoms with Crippen molar-refractivity contribution in [2.24, 2.45) is 0 Å². The van der Waals surface area contributed by atoms with Crippen molar-refractivity contribution in [1.82, 2.24) is 25.1 Å². The second-order valence-corrected chi connectivity index (χ2v) is 9.44. The minimum absolute atomic E-state index is 0.154. The largest absolute Gasteiger partial charge is 0.381 e. The number of piperidine rings is 1. The molecule has 3 aromatic heterocycles. The summed E-state index contributed by atoms with van der Waals surface area (Å²) in [5, 5.41) is 17.5. The SMILES string of the molecule is CC(=O)N1CCC(Nc2cnc3ccc(Nc4nnc(C5CCCC5)s4)nc3c2)CC1. The monoisotopic (exact) mass is 437 g/mol. The first-order valence-corrected chi connectivity index (χ1v) is 11.8. The summed E-state index contributed by atoms with van der Waals surface area (Å²) < 4.78 is 0. The van der Waals surface area contributed by atoms with Crippen LogP contribution in [-0.2, 0) is 4.79 Å². The summed E-state index contributed by atoms with van der Waals surface area (Å²) in [7, 11) is 0. The summed E-state index contributed by atoms with van der Waals surface area (Å²) in [5.41, 5.74) is 2.64. The maximum atomic E-state index is 11.5. The maximum Gasteiger partial charge on any atom is 0.219 e. The summed E-state index contributed by atoms with van der Waals surface area (Å²) >= 11 is 1.63. The van der Waals surface area contributed by atoms with Crippen molar-refractivity contribution < 1.29 is 4.79 Å². The number of carbonyl (C=O) groups is 1. The standard InChI is InChI=1S/C22H27N7OS/c1-14(30)29-10-8-16(9-11-29)24-17-12-19-18(23-13-17)6-7-20(25-19)26-22-28-27-21(31-22)15-4-2-3-5-15/h6-7,12-13,15-16,24H,2-5,8-11H2,1H3,(H,25,26,28). The smallest absolute Gasteiger partial charge is 0.219 e. The van der Waals surface area contributed by atoms with Gasteiger partial charge < -0.3 is 15.5 Å². The van der Waals surface area contributed by atoms with Gasteiger partial charge in [0.25, 0.3) is 0 Å². The number of nitrogens with zero attached hydrogens (tertiary/aromatic N) is 5. The molecule has 0 atom stereocenters. The molecule has 5 rings (SSSR count). The molecular weight excluding hydrogens is 410 g/mol. The van der Waals surface area contributed by atoms with Crippen LogP contribution in [0.4, 0.5) is 16.6 Å². The predicted molar refractivity (Wildman–Crippen MR) is 123 cm³/mol. The molecule has 0 radical (unpaired) electrons. The van der Waals surface area contributed by atoms with E-state index >= 15 is 0 Å². The van der Waals surface area contributed by atoms with E-state index in [1.54, 1.807) is 18.3 Å². The molecule has 0 bridgehead atoms. The van der Waals surface area contributed by atoms with Gasteiger partial charge >= 0.3 is 0 Å². The van der Waals surface area contributed by atoms with Gasteiger partial charge in [-0.1, -0.05) is 24.2 Å². The zero-order chi connectivity index (χ0) is 21.2. The molecule has 2 N–H and O–H groups in total. The summed E-state index contributed by atoms with van der Waals surface area (Å²) in [6, 6.07) is 6.27. The van der Waals surface area contributed by atoms with Crippen molar-refractivity contribution in [3.63, 3.8) is 0 Å². The summed E-state index contributed by atoms with van der Waals surface area (Å²) in [6.45, 7) is 3.23. The number of carbonyl (C=O) groups excluding carboxylic acids is 1. The molecule has 162 valence electrons. The van der Waals surface area contributed by atoms with E-state index in [0.717, 1.165) is 58.6 Å². The summed E-state index contributed by atoms with van der Waals surface area (Å²) in [6.07, 6.45) is 8.75. The molecule has 1 saturated heterocycles. The topological polar surface area (TPSA) is 95.9 Å². The Kier molecular flexibility index (Phi) is 5.67. The van der Waals surface area contributed by atoms with Crippen LogP contribution in [0.2, 0.25) is 0 Å². The maximum absolute atomic E-state index is 11.5. The highest BCUT2D eigenvalue weighted by molar-refractivity contribution is 7.15. The molecule has 3 aromatic rings. The fraction of sp³-hybridized carbons (Fsp3) is 0.500. The van der Waals surface area contributed by atoms with Crippen LogP contribution in [0.25, 0.3) is 11.0 Å². The first-order valence-electron chi connectivity index (χ1n) is 11.0. The Labute approximate surface area is 185 Å². The third-order valence-electron chi connectivity index (χ3n) is 6.23. The number of anilines is 3. The van der Waals surface area contributed by atoms with Gasteiger partial charge in [-0.3, -0.25) is 9.78 Å². The average molecular weight is 438 g/mol. The van der Waals surface area contributed by atoms with E-state index in [-0.39, 0.29) is 5.91 Å². The Hall–Kier alpha value is -2.81. The van der Waals surface area contributed by atoms with Gasteiger partial charge in [0.05, 0.1) is 22.9 Å². The van der Waals surface area contributed by atoms with Crippen molar-refractivity contribution in [1.29, 1.82) is 0 Å². The Balaban J connectivity index is 1.26. The number of amides is 1. The quantitative estimate of drug-likeness (QED) is 0.614. The Morgan fingerprint density at radius 2 is 1.90 bits per heavy atom. The van der Waals surface area contributed by atoms with Gasteiger partial charge in [-0.25, -0.2) is 4.98 Å². The first-order chi connectivity index (χ1) is 15.1. The van der Waals surface area contributed by atoms with Gasteiger partial charge in [-0.05, 0) is 43.9 Å². The normalized spacial score (nSPS) is 17.9. The molecule has 9 heteroatoms. The van der Waals surface area contributed by atoms with E-state index in [9.17, 15) is 4.79 Å². The third kappa shape index (κ3) is 4.61. The number of nitrogens with one attached hydrogen (secondary N) is 2. The molecular formula is C22H27N7OS. The Morgan fingerprint density at radius 1 is 1.10 bits per heavy atom. The van der Waals surface area contributed by atoms with Gasteiger partial charge in [-0.2, -0.15) is 0 Å². The van der Waals surface area contributed by atoms with Crippen LogP contribution >= 0.6 is 11.3 Å². The molecule has 2 aliphatic rings. The molecule has 1 aliphatic heterocycles. The van der Waals surface area contributed by atoms with Crippen molar-refractivity contribution in [2.45, 2.75) is 57.4 Å². The second kappa shape index (κ2) is 8.74. The van der Waals surface area contributed by atoms with Crippen LogP contribution in [0, 0.1) is 0 Å². The van der Waals surface area contributed by atoms with E-state index in [4.69, 9.17) is 4.98 Å². The fourth-order valence-corrected chi connectivity index (χ4v) is 5.38. The van der Waals surface area contributed by atoms with Crippen LogP contribution in [0.5, 0.6) is 0 Å². The molecule has 4 heterocycles. The zero-order valence-corrected chi connectivity index (χ0v) is 18.5. The van der Waals surface area contributed by atoms with Crippen molar-refractivity contribution in [3.05, 3.63) is 29.4 Å². The number of hydrogen-bond donors (Lipinski definition) is 2. The van der Waals surface area contributed by atoms with Crippen LogP contribution in [0.1, 0.15) is 56.4 Å². The lowest BCUT2D eigenvalue weighted by atomic mass is 10.0. The van der Waals surface area contributed by atoms with Crippen molar-refractivity contribution in [3.8, 4) is 0 Å². The molecule has 2 fully saturated rings. The van der Waals surface area contributed by atoms with E-state index in [0.29, 0.717) is 12.0 Å². The van der Waals surface area contributed by atoms with Crippen molar-refractivity contribution >= 4 is 44.9 Å². The van der Waals surface area contributed by atoms with Crippen molar-refractivity contribution in [2.75, 3.05) is 23.7 Å². The highest BCUT2D eigenvalue weighted by atomic mass is 32.1. The number of pyridine rings is 2. The number of likely N-dealkylation sites (tertiary alicyclic amines) is 1. The van der Waals surface area contributed by atoms with Gasteiger partial charge in [-0.15, -0.1) is 10.2 Å². The minimum Gasteiger partial charge on any atom is -0.381 e. The Morgan fingerprint density at radius 3 is 2.68 bits per heavy atom. The second-order valence-electron chi connectivity index (χ2n) is 8.44. The fourth-order valence-electron chi connectivity index (χ4n) is 4.46. The predicted octanol–water partition coefficient (Wildman–Crippen LogP) is 4.31. The van der Waals surface area contributed by atoms with E-state index in [2.05, 4.69) is 25.8 Å². The number of rotatable bonds is 5. The molecule has 0 spiro atoms. The van der Waals surface area contributed by atoms with Crippen LogP contribution < -0.4 is 10.6 Å². The average Bonchev–Trinajstić information content (AvgIpc) is 3.46. The van der Waals surface area contributed by atoms with Crippen LogP contribution in [0.3, 0.4) is 0 Å². The molecule has 31 heavy (non-hydrogen) atoms. The lowest BCUT2D eigenvalue weighted by Crippen LogP contribution is -2.41. The van der Waals surface area contributed by atoms with Gasteiger partial charge in [0, 0.05) is 32.0 Å². The summed E-state index contributed by atoms with van der Waals surface area (Å²) in [5.74, 6) is 1.47. The van der Waals surface area contributed by atoms with Gasteiger partial charge in [0.1, 0.15) is 10.8 Å². The lowest BCUT2D eigenvalue weighted by Gasteiger charge is -2.32. The van der Waals surface area contributed by atoms with Crippen LogP contribution in [-0.4, -0.2) is 50.1 Å². The number of aromatic nitrogens is 4. The lowest BCUT2D eigenvalue weighted by molar-refractivity contribution is -0.129. The number of fused-ring (bicyclic) bond motifs is 1. The molecule has 1 amide bonds. The van der Waals surface area contributed by atoms with Gasteiger partial charge in [0.2, 0.25) is 11.0 Å².